The fraction of sp³-hybridized carbons (Fsp3) is 0.462. The molecule has 0 unspecified atom stereocenters. The van der Waals surface area contributed by atoms with Crippen LogP contribution in [-0.4, -0.2) is 29.5 Å². The van der Waals surface area contributed by atoms with Gasteiger partial charge in [-0.3, -0.25) is 14.4 Å². The number of carbonyl (C=O) groups is 2. The number of halogens is 1. The van der Waals surface area contributed by atoms with Gasteiger partial charge in [0.05, 0.1) is 0 Å². The Morgan fingerprint density at radius 2 is 1.90 bits per heavy atom. The smallest absolute Gasteiger partial charge is 0.251 e. The monoisotopic (exact) mass is 343 g/mol. The Labute approximate surface area is 125 Å². The number of aromatic nitrogens is 1. The molecule has 0 radical (unpaired) electrons. The van der Waals surface area contributed by atoms with Crippen molar-refractivity contribution in [3.05, 3.63) is 33.2 Å². The minimum atomic E-state index is -0.274. The average molecular weight is 344 g/mol. The minimum absolute atomic E-state index is 0.0452. The number of nitrogens with one attached hydrogen (secondary N) is 2. The molecular weight excluding hydrogens is 326 g/mol. The summed E-state index contributed by atoms with van der Waals surface area (Å²) < 4.78 is 2.04. The normalized spacial score (nSPS) is 10.4. The molecular formula is C13H18BrN3O3. The Balaban J connectivity index is 2.36. The van der Waals surface area contributed by atoms with Crippen LogP contribution >= 0.6 is 15.9 Å². The Morgan fingerprint density at radius 3 is 2.55 bits per heavy atom. The van der Waals surface area contributed by atoms with Gasteiger partial charge in [-0.25, -0.2) is 0 Å². The second kappa shape index (κ2) is 7.84. The molecule has 0 aromatic carbocycles. The standard InChI is InChI=1S/C13H18BrN3O3/c1-9(2)13(20)16-6-5-15-11(18)8-17-7-10(14)3-4-12(17)19/h3-4,7,9H,5-6,8H2,1-2H3,(H,15,18)(H,16,20). The highest BCUT2D eigenvalue weighted by Gasteiger charge is 2.07. The average Bonchev–Trinajstić information content (AvgIpc) is 2.38. The molecule has 0 fully saturated rings. The largest absolute Gasteiger partial charge is 0.354 e. The van der Waals surface area contributed by atoms with Gasteiger partial charge in [0, 0.05) is 35.7 Å². The van der Waals surface area contributed by atoms with E-state index >= 15 is 0 Å². The summed E-state index contributed by atoms with van der Waals surface area (Å²) in [7, 11) is 0. The molecule has 1 rings (SSSR count). The second-order valence-corrected chi connectivity index (χ2v) is 5.52. The minimum Gasteiger partial charge on any atom is -0.354 e. The molecule has 0 aliphatic carbocycles. The summed E-state index contributed by atoms with van der Waals surface area (Å²) in [6, 6.07) is 3.01. The van der Waals surface area contributed by atoms with Crippen molar-refractivity contribution >= 4 is 27.7 Å². The SMILES string of the molecule is CC(C)C(=O)NCCNC(=O)Cn1cc(Br)ccc1=O. The van der Waals surface area contributed by atoms with Crippen molar-refractivity contribution in [2.75, 3.05) is 13.1 Å². The third kappa shape index (κ3) is 5.56. The van der Waals surface area contributed by atoms with Gasteiger partial charge in [0.2, 0.25) is 11.8 Å². The fourth-order valence-corrected chi connectivity index (χ4v) is 1.81. The summed E-state index contributed by atoms with van der Waals surface area (Å²) in [5.74, 6) is -0.405. The zero-order chi connectivity index (χ0) is 15.1. The van der Waals surface area contributed by atoms with Gasteiger partial charge in [0.1, 0.15) is 6.54 Å². The van der Waals surface area contributed by atoms with Crippen LogP contribution in [0.25, 0.3) is 0 Å². The van der Waals surface area contributed by atoms with E-state index in [2.05, 4.69) is 26.6 Å². The van der Waals surface area contributed by atoms with Crippen molar-refractivity contribution in [3.8, 4) is 0 Å². The van der Waals surface area contributed by atoms with E-state index in [1.54, 1.807) is 26.1 Å². The molecule has 20 heavy (non-hydrogen) atoms. The molecule has 2 N–H and O–H groups in total. The first kappa shape index (κ1) is 16.4. The molecule has 0 bridgehead atoms. The number of hydrogen-bond donors (Lipinski definition) is 2. The van der Waals surface area contributed by atoms with Crippen LogP contribution in [0.1, 0.15) is 13.8 Å². The topological polar surface area (TPSA) is 80.2 Å². The van der Waals surface area contributed by atoms with Crippen molar-refractivity contribution < 1.29 is 9.59 Å². The fourth-order valence-electron chi connectivity index (χ4n) is 1.43. The van der Waals surface area contributed by atoms with Gasteiger partial charge in [-0.05, 0) is 22.0 Å². The van der Waals surface area contributed by atoms with Crippen LogP contribution in [0.15, 0.2) is 27.6 Å². The van der Waals surface area contributed by atoms with Crippen LogP contribution in [-0.2, 0) is 16.1 Å². The lowest BCUT2D eigenvalue weighted by Crippen LogP contribution is -2.38. The highest BCUT2D eigenvalue weighted by atomic mass is 79.9. The Bertz CT molecular complexity index is 540. The zero-order valence-corrected chi connectivity index (χ0v) is 13.1. The third-order valence-electron chi connectivity index (χ3n) is 2.53. The van der Waals surface area contributed by atoms with Crippen molar-refractivity contribution in [1.29, 1.82) is 0 Å². The molecule has 110 valence electrons. The van der Waals surface area contributed by atoms with Gasteiger partial charge in [-0.15, -0.1) is 0 Å². The molecule has 0 saturated heterocycles. The predicted octanol–water partition coefficient (Wildman–Crippen LogP) is 0.499. The number of carbonyl (C=O) groups excluding carboxylic acids is 2. The third-order valence-corrected chi connectivity index (χ3v) is 3.00. The zero-order valence-electron chi connectivity index (χ0n) is 11.5. The van der Waals surface area contributed by atoms with E-state index in [1.165, 1.54) is 10.6 Å². The van der Waals surface area contributed by atoms with E-state index in [4.69, 9.17) is 0 Å². The molecule has 1 heterocycles. The maximum Gasteiger partial charge on any atom is 0.251 e. The summed E-state index contributed by atoms with van der Waals surface area (Å²) in [6.45, 7) is 4.26. The molecule has 0 saturated carbocycles. The van der Waals surface area contributed by atoms with E-state index in [-0.39, 0.29) is 29.8 Å². The molecule has 0 aliphatic heterocycles. The molecule has 0 spiro atoms. The summed E-state index contributed by atoms with van der Waals surface area (Å²) in [4.78, 5) is 34.4. The van der Waals surface area contributed by atoms with Gasteiger partial charge in [0.25, 0.3) is 5.56 Å². The number of pyridine rings is 1. The lowest BCUT2D eigenvalue weighted by atomic mass is 10.2. The molecule has 7 heteroatoms. The van der Waals surface area contributed by atoms with Crippen LogP contribution in [0.4, 0.5) is 0 Å². The van der Waals surface area contributed by atoms with Crippen molar-refractivity contribution in [2.45, 2.75) is 20.4 Å². The van der Waals surface area contributed by atoms with Gasteiger partial charge >= 0.3 is 0 Å². The highest BCUT2D eigenvalue weighted by Crippen LogP contribution is 2.04. The lowest BCUT2D eigenvalue weighted by molar-refractivity contribution is -0.125. The first-order valence-electron chi connectivity index (χ1n) is 6.30. The Morgan fingerprint density at radius 1 is 1.25 bits per heavy atom. The van der Waals surface area contributed by atoms with Crippen LogP contribution < -0.4 is 16.2 Å². The Kier molecular flexibility index (Phi) is 6.44. The van der Waals surface area contributed by atoms with E-state index in [0.717, 1.165) is 4.47 Å². The van der Waals surface area contributed by atoms with Crippen molar-refractivity contribution in [3.63, 3.8) is 0 Å². The maximum absolute atomic E-state index is 11.7. The van der Waals surface area contributed by atoms with E-state index < -0.39 is 0 Å². The van der Waals surface area contributed by atoms with Crippen LogP contribution in [0.3, 0.4) is 0 Å². The van der Waals surface area contributed by atoms with Crippen LogP contribution in [0, 0.1) is 5.92 Å². The first-order chi connectivity index (χ1) is 9.40. The molecule has 1 aromatic heterocycles. The number of amides is 2. The number of hydrogen-bond acceptors (Lipinski definition) is 3. The molecule has 2 amide bonds. The first-order valence-corrected chi connectivity index (χ1v) is 7.10. The molecule has 0 atom stereocenters. The summed E-state index contributed by atoms with van der Waals surface area (Å²) in [5.41, 5.74) is -0.239. The highest BCUT2D eigenvalue weighted by molar-refractivity contribution is 9.10. The number of nitrogens with zero attached hydrogens (tertiary/aromatic N) is 1. The summed E-state index contributed by atoms with van der Waals surface area (Å²) in [6.07, 6.45) is 1.56. The summed E-state index contributed by atoms with van der Waals surface area (Å²) >= 11 is 3.24. The van der Waals surface area contributed by atoms with Gasteiger partial charge < -0.3 is 15.2 Å². The van der Waals surface area contributed by atoms with Crippen LogP contribution in [0.5, 0.6) is 0 Å². The second-order valence-electron chi connectivity index (χ2n) is 4.61. The van der Waals surface area contributed by atoms with Crippen LogP contribution in [0.2, 0.25) is 0 Å². The van der Waals surface area contributed by atoms with Gasteiger partial charge in [-0.2, -0.15) is 0 Å². The van der Waals surface area contributed by atoms with E-state index in [1.807, 2.05) is 0 Å². The molecule has 0 aliphatic rings. The molecule has 6 nitrogen and oxygen atoms in total. The van der Waals surface area contributed by atoms with Gasteiger partial charge in [0.15, 0.2) is 0 Å². The Hall–Kier alpha value is -1.63. The number of rotatable bonds is 6. The lowest BCUT2D eigenvalue weighted by Gasteiger charge is -2.09. The quantitative estimate of drug-likeness (QED) is 0.738. The molecule has 1 aromatic rings. The summed E-state index contributed by atoms with van der Waals surface area (Å²) in [5, 5.41) is 5.34. The van der Waals surface area contributed by atoms with Crippen molar-refractivity contribution in [1.82, 2.24) is 15.2 Å². The van der Waals surface area contributed by atoms with E-state index in [0.29, 0.717) is 13.1 Å². The van der Waals surface area contributed by atoms with Crippen molar-refractivity contribution in [2.24, 2.45) is 5.92 Å². The maximum atomic E-state index is 11.7. The predicted molar refractivity (Wildman–Crippen MR) is 79.3 cm³/mol. The van der Waals surface area contributed by atoms with Gasteiger partial charge in [-0.1, -0.05) is 13.8 Å². The van der Waals surface area contributed by atoms with E-state index in [9.17, 15) is 14.4 Å².